The Morgan fingerprint density at radius 1 is 1.73 bits per heavy atom. The summed E-state index contributed by atoms with van der Waals surface area (Å²) in [5.41, 5.74) is 5.54. The molecule has 1 saturated heterocycles. The van der Waals surface area contributed by atoms with E-state index in [-0.39, 0.29) is 6.10 Å². The second-order valence-electron chi connectivity index (χ2n) is 3.50. The summed E-state index contributed by atoms with van der Waals surface area (Å²) in [5, 5.41) is 9.10. The van der Waals surface area contributed by atoms with Gasteiger partial charge < -0.3 is 15.7 Å². The fourth-order valence-electron chi connectivity index (χ4n) is 1.64. The van der Waals surface area contributed by atoms with Crippen LogP contribution in [0.1, 0.15) is 13.3 Å². The third kappa shape index (κ3) is 2.77. The van der Waals surface area contributed by atoms with Gasteiger partial charge in [0, 0.05) is 13.1 Å². The van der Waals surface area contributed by atoms with Crippen molar-refractivity contribution in [1.82, 2.24) is 4.90 Å². The molecule has 11 heavy (non-hydrogen) atoms. The molecule has 0 aromatic rings. The van der Waals surface area contributed by atoms with Crippen LogP contribution in [-0.2, 0) is 0 Å². The van der Waals surface area contributed by atoms with Gasteiger partial charge in [0.25, 0.3) is 0 Å². The van der Waals surface area contributed by atoms with Crippen molar-refractivity contribution in [3.05, 3.63) is 0 Å². The number of hydrogen-bond acceptors (Lipinski definition) is 3. The molecule has 0 amide bonds. The first-order valence-electron chi connectivity index (χ1n) is 4.33. The van der Waals surface area contributed by atoms with Crippen molar-refractivity contribution < 1.29 is 5.11 Å². The van der Waals surface area contributed by atoms with Crippen LogP contribution in [0.3, 0.4) is 0 Å². The van der Waals surface area contributed by atoms with Crippen LogP contribution in [-0.4, -0.2) is 42.3 Å². The van der Waals surface area contributed by atoms with E-state index < -0.39 is 0 Å². The van der Waals surface area contributed by atoms with Crippen molar-refractivity contribution in [3.8, 4) is 0 Å². The molecule has 2 atom stereocenters. The first-order chi connectivity index (χ1) is 5.22. The predicted octanol–water partition coefficient (Wildman–Crippen LogP) is -0.352. The van der Waals surface area contributed by atoms with Gasteiger partial charge in [0.15, 0.2) is 0 Å². The van der Waals surface area contributed by atoms with Gasteiger partial charge in [0.1, 0.15) is 0 Å². The summed E-state index contributed by atoms with van der Waals surface area (Å²) in [5.74, 6) is 0.661. The molecule has 1 aliphatic heterocycles. The lowest BCUT2D eigenvalue weighted by atomic mass is 10.1. The van der Waals surface area contributed by atoms with E-state index in [0.29, 0.717) is 5.92 Å². The van der Waals surface area contributed by atoms with Gasteiger partial charge in [-0.3, -0.25) is 0 Å². The van der Waals surface area contributed by atoms with Gasteiger partial charge in [-0.1, -0.05) is 0 Å². The quantitative estimate of drug-likeness (QED) is 0.590. The molecule has 0 bridgehead atoms. The van der Waals surface area contributed by atoms with Gasteiger partial charge in [-0.15, -0.1) is 0 Å². The van der Waals surface area contributed by atoms with Gasteiger partial charge in [-0.05, 0) is 32.4 Å². The van der Waals surface area contributed by atoms with Gasteiger partial charge in [-0.2, -0.15) is 0 Å². The zero-order valence-electron chi connectivity index (χ0n) is 7.16. The minimum Gasteiger partial charge on any atom is -0.392 e. The standard InChI is InChI=1S/C8H18N2O/c1-7(11)5-10-3-2-8(4-9)6-10/h7-8,11H,2-6,9H2,1H3. The Labute approximate surface area is 68.2 Å². The summed E-state index contributed by atoms with van der Waals surface area (Å²) >= 11 is 0. The smallest absolute Gasteiger partial charge is 0.0639 e. The van der Waals surface area contributed by atoms with E-state index in [1.807, 2.05) is 6.92 Å². The van der Waals surface area contributed by atoms with Gasteiger partial charge in [0.05, 0.1) is 6.10 Å². The minimum atomic E-state index is -0.202. The molecule has 3 heteroatoms. The molecular formula is C8H18N2O. The maximum Gasteiger partial charge on any atom is 0.0639 e. The molecule has 3 N–H and O–H groups in total. The Balaban J connectivity index is 2.19. The second-order valence-corrected chi connectivity index (χ2v) is 3.50. The normalized spacial score (nSPS) is 29.2. The lowest BCUT2D eigenvalue weighted by Crippen LogP contribution is -2.29. The third-order valence-corrected chi connectivity index (χ3v) is 2.23. The first kappa shape index (κ1) is 8.97. The van der Waals surface area contributed by atoms with Gasteiger partial charge in [-0.25, -0.2) is 0 Å². The SMILES string of the molecule is CC(O)CN1CCC(CN)C1. The molecule has 0 aromatic carbocycles. The molecule has 1 rings (SSSR count). The fourth-order valence-corrected chi connectivity index (χ4v) is 1.64. The van der Waals surface area contributed by atoms with E-state index in [1.165, 1.54) is 6.42 Å². The zero-order valence-corrected chi connectivity index (χ0v) is 7.16. The van der Waals surface area contributed by atoms with Crippen LogP contribution in [0.2, 0.25) is 0 Å². The molecule has 2 unspecified atom stereocenters. The number of likely N-dealkylation sites (tertiary alicyclic amines) is 1. The summed E-state index contributed by atoms with van der Waals surface area (Å²) in [6.07, 6.45) is 0.995. The van der Waals surface area contributed by atoms with E-state index >= 15 is 0 Å². The average molecular weight is 158 g/mol. The number of aliphatic hydroxyl groups excluding tert-OH is 1. The Hall–Kier alpha value is -0.120. The highest BCUT2D eigenvalue weighted by molar-refractivity contribution is 4.76. The molecule has 0 aromatic heterocycles. The van der Waals surface area contributed by atoms with Crippen molar-refractivity contribution >= 4 is 0 Å². The summed E-state index contributed by atoms with van der Waals surface area (Å²) in [4.78, 5) is 2.28. The van der Waals surface area contributed by atoms with E-state index in [9.17, 15) is 0 Å². The topological polar surface area (TPSA) is 49.5 Å². The Kier molecular flexibility index (Phi) is 3.30. The van der Waals surface area contributed by atoms with Crippen molar-refractivity contribution in [1.29, 1.82) is 0 Å². The van der Waals surface area contributed by atoms with E-state index in [0.717, 1.165) is 26.2 Å². The number of aliphatic hydroxyl groups is 1. The molecule has 0 radical (unpaired) electrons. The van der Waals surface area contributed by atoms with Crippen LogP contribution >= 0.6 is 0 Å². The largest absolute Gasteiger partial charge is 0.392 e. The highest BCUT2D eigenvalue weighted by atomic mass is 16.3. The van der Waals surface area contributed by atoms with E-state index in [4.69, 9.17) is 10.8 Å². The molecule has 1 fully saturated rings. The maximum atomic E-state index is 9.10. The lowest BCUT2D eigenvalue weighted by Gasteiger charge is -2.16. The average Bonchev–Trinajstić information content (AvgIpc) is 2.34. The molecule has 3 nitrogen and oxygen atoms in total. The molecule has 0 aliphatic carbocycles. The summed E-state index contributed by atoms with van der Waals surface area (Å²) in [7, 11) is 0. The van der Waals surface area contributed by atoms with Crippen LogP contribution in [0.5, 0.6) is 0 Å². The fraction of sp³-hybridized carbons (Fsp3) is 1.00. The first-order valence-corrected chi connectivity index (χ1v) is 4.33. The lowest BCUT2D eigenvalue weighted by molar-refractivity contribution is 0.139. The number of nitrogens with zero attached hydrogens (tertiary/aromatic N) is 1. The molecule has 0 spiro atoms. The van der Waals surface area contributed by atoms with Crippen molar-refractivity contribution in [2.45, 2.75) is 19.4 Å². The van der Waals surface area contributed by atoms with Crippen molar-refractivity contribution in [3.63, 3.8) is 0 Å². The number of β-amino-alcohol motifs (C(OH)–C–C–N with tert-alkyl or cyclic N) is 1. The highest BCUT2D eigenvalue weighted by Gasteiger charge is 2.21. The van der Waals surface area contributed by atoms with Crippen LogP contribution in [0, 0.1) is 5.92 Å². The number of rotatable bonds is 3. The Morgan fingerprint density at radius 2 is 2.45 bits per heavy atom. The van der Waals surface area contributed by atoms with Crippen LogP contribution in [0.4, 0.5) is 0 Å². The molecular weight excluding hydrogens is 140 g/mol. The second kappa shape index (κ2) is 4.04. The van der Waals surface area contributed by atoms with Crippen LogP contribution in [0.15, 0.2) is 0 Å². The Morgan fingerprint density at radius 3 is 2.91 bits per heavy atom. The van der Waals surface area contributed by atoms with Crippen molar-refractivity contribution in [2.24, 2.45) is 11.7 Å². The third-order valence-electron chi connectivity index (χ3n) is 2.23. The Bertz CT molecular complexity index is 117. The predicted molar refractivity (Wildman–Crippen MR) is 45.3 cm³/mol. The summed E-state index contributed by atoms with van der Waals surface area (Å²) in [6.45, 7) is 5.59. The summed E-state index contributed by atoms with van der Waals surface area (Å²) in [6, 6.07) is 0. The van der Waals surface area contributed by atoms with Crippen LogP contribution < -0.4 is 5.73 Å². The number of nitrogens with two attached hydrogens (primary N) is 1. The van der Waals surface area contributed by atoms with Gasteiger partial charge in [0.2, 0.25) is 0 Å². The summed E-state index contributed by atoms with van der Waals surface area (Å²) < 4.78 is 0. The monoisotopic (exact) mass is 158 g/mol. The minimum absolute atomic E-state index is 0.202. The van der Waals surface area contributed by atoms with Crippen LogP contribution in [0.25, 0.3) is 0 Å². The molecule has 0 saturated carbocycles. The zero-order chi connectivity index (χ0) is 8.27. The molecule has 1 heterocycles. The molecule has 1 aliphatic rings. The van der Waals surface area contributed by atoms with Gasteiger partial charge >= 0.3 is 0 Å². The van der Waals surface area contributed by atoms with E-state index in [2.05, 4.69) is 4.90 Å². The molecule has 66 valence electrons. The maximum absolute atomic E-state index is 9.10. The van der Waals surface area contributed by atoms with E-state index in [1.54, 1.807) is 0 Å². The van der Waals surface area contributed by atoms with Crippen molar-refractivity contribution in [2.75, 3.05) is 26.2 Å². The highest BCUT2D eigenvalue weighted by Crippen LogP contribution is 2.14. The number of hydrogen-bond donors (Lipinski definition) is 2.